The van der Waals surface area contributed by atoms with Crippen molar-refractivity contribution in [1.82, 2.24) is 4.90 Å². The van der Waals surface area contributed by atoms with E-state index in [0.717, 1.165) is 33.4 Å². The fraction of sp³-hybridized carbons (Fsp3) is 0.303. The fourth-order valence-corrected chi connectivity index (χ4v) is 14.5. The summed E-state index contributed by atoms with van der Waals surface area (Å²) >= 11 is 27.7. The number of carbonyl (C=O) groups is 4. The third kappa shape index (κ3) is 15.2. The third-order valence-electron chi connectivity index (χ3n) is 15.0. The summed E-state index contributed by atoms with van der Waals surface area (Å²) in [5, 5.41) is -1.30. The molecule has 17 nitrogen and oxygen atoms in total. The number of hydrogen-bond donors (Lipinski definition) is 0. The highest BCUT2D eigenvalue weighted by atomic mass is 35.5. The largest absolute Gasteiger partial charge is 0.475 e. The lowest BCUT2D eigenvalue weighted by atomic mass is 9.95. The number of hydrogen-bond acceptors (Lipinski definition) is 17. The quantitative estimate of drug-likeness (QED) is 0.0204. The molecule has 3 fully saturated rings. The Morgan fingerprint density at radius 3 is 1.47 bits per heavy atom. The maximum Gasteiger partial charge on any atom is 0.475 e. The molecule has 10 atom stereocenters. The first-order valence-electron chi connectivity index (χ1n) is 28.4. The van der Waals surface area contributed by atoms with Crippen LogP contribution in [0, 0.1) is 5.41 Å². The molecule has 2 amide bonds. The lowest BCUT2D eigenvalue weighted by Crippen LogP contribution is -2.67. The number of esters is 2. The van der Waals surface area contributed by atoms with Crippen molar-refractivity contribution in [1.29, 1.82) is 0 Å². The van der Waals surface area contributed by atoms with Gasteiger partial charge in [0.25, 0.3) is 11.8 Å². The van der Waals surface area contributed by atoms with Crippen LogP contribution in [0.1, 0.15) is 72.0 Å². The molecule has 0 aliphatic carbocycles. The first-order chi connectivity index (χ1) is 43.0. The second kappa shape index (κ2) is 29.1. The third-order valence-corrected chi connectivity index (χ3v) is 19.4. The van der Waals surface area contributed by atoms with Crippen LogP contribution in [0.4, 0.5) is 0 Å². The monoisotopic (exact) mass is 1330 g/mol. The van der Waals surface area contributed by atoms with E-state index in [9.17, 15) is 14.2 Å². The molecule has 7 aromatic carbocycles. The molecule has 3 saturated heterocycles. The highest BCUT2D eigenvalue weighted by Crippen LogP contribution is 2.57. The highest BCUT2D eigenvalue weighted by Gasteiger charge is 2.60. The Morgan fingerprint density at radius 2 is 0.966 bits per heavy atom. The van der Waals surface area contributed by atoms with Crippen LogP contribution in [-0.4, -0.2) is 116 Å². The number of halogens is 4. The van der Waals surface area contributed by atoms with Crippen molar-refractivity contribution in [3.63, 3.8) is 0 Å². The fourth-order valence-electron chi connectivity index (χ4n) is 10.5. The Hall–Kier alpha value is -6.00. The van der Waals surface area contributed by atoms with E-state index >= 15 is 9.59 Å². The average molecular weight is 1330 g/mol. The van der Waals surface area contributed by atoms with Gasteiger partial charge in [0, 0.05) is 10.3 Å². The zero-order chi connectivity index (χ0) is 62.2. The molecule has 0 radical (unpaired) electrons. The molecule has 0 unspecified atom stereocenters. The first-order valence-corrected chi connectivity index (χ1v) is 32.3. The second-order valence-corrected chi connectivity index (χ2v) is 26.4. The Morgan fingerprint density at radius 1 is 0.528 bits per heavy atom. The van der Waals surface area contributed by atoms with Gasteiger partial charge in [-0.3, -0.25) is 28.1 Å². The van der Waals surface area contributed by atoms with Gasteiger partial charge in [-0.1, -0.05) is 218 Å². The van der Waals surface area contributed by atoms with Gasteiger partial charge in [0.15, 0.2) is 18.5 Å². The molecule has 0 bridgehead atoms. The number of amides is 2. The van der Waals surface area contributed by atoms with Crippen molar-refractivity contribution in [2.75, 3.05) is 26.4 Å². The summed E-state index contributed by atoms with van der Waals surface area (Å²) in [6.07, 6.45) is -11.5. The van der Waals surface area contributed by atoms with Crippen molar-refractivity contribution in [2.45, 2.75) is 99.1 Å². The average Bonchev–Trinajstić information content (AvgIpc) is 1.68. The van der Waals surface area contributed by atoms with E-state index in [-0.39, 0.29) is 82.0 Å². The molecule has 0 saturated carbocycles. The molecular formula is C66H60Cl4NO16PS. The molecule has 4 aliphatic rings. The standard InChI is InChI=1S/C66H60Cl4NO16PS/c1-66(2)38-81-88(76,82-39-66)87-59-58(79-35-42-25-13-5-14-26-42)55(78-34-41-23-11-4-12-24-41)46(36-77-33-40-21-9-3-10-22-40)83-64(59)80-37-47-56(85-62(74)43-27-15-6-16-28-43)57(86-63(75)44-29-17-7-18-30-44)54(65(84-47)89-45-31-19-8-20-32-45)71-60(72)48-49(61(71)73)51(68)53(70)52(69)50(48)67/h3-32,46-47,54-59,64-65H,33-39H2,1-2H3/t46-,47-,54-,55-,56-,57-,58+,59-,64-,65+/m1/s1. The SMILES string of the molecule is CC1(C)COP(=O)(O[C@H]2[C@H](OC[C@H]3O[C@@H](Sc4ccccc4)[C@H](N4C(=O)c5c(Cl)c(Cl)c(Cl)c(Cl)c5C4=O)[C@@H](OC(=O)c4ccccc4)[C@@H]3OC(=O)c3ccccc3)O[C@H](COCc3ccccc3)[C@@H](OCc3ccccc3)[C@@H]2OCc2ccccc2)OC1. The van der Waals surface area contributed by atoms with Gasteiger partial charge in [-0.15, -0.1) is 0 Å². The van der Waals surface area contributed by atoms with Gasteiger partial charge in [0.05, 0.1) is 88.6 Å². The minimum absolute atomic E-state index is 0.00987. The number of thioether (sulfide) groups is 1. The number of phosphoric acid groups is 1. The number of rotatable bonds is 22. The van der Waals surface area contributed by atoms with Crippen LogP contribution in [0.3, 0.4) is 0 Å². The van der Waals surface area contributed by atoms with Gasteiger partial charge >= 0.3 is 19.8 Å². The van der Waals surface area contributed by atoms with Gasteiger partial charge in [0.2, 0.25) is 0 Å². The summed E-state index contributed by atoms with van der Waals surface area (Å²) in [7, 11) is -4.51. The number of benzene rings is 7. The van der Waals surface area contributed by atoms with Crippen molar-refractivity contribution in [2.24, 2.45) is 5.41 Å². The van der Waals surface area contributed by atoms with Crippen LogP contribution in [0.25, 0.3) is 0 Å². The number of ether oxygens (including phenoxy) is 8. The van der Waals surface area contributed by atoms with E-state index in [4.69, 9.17) is 97.9 Å². The van der Waals surface area contributed by atoms with E-state index in [1.165, 1.54) is 24.3 Å². The lowest BCUT2D eigenvalue weighted by Gasteiger charge is -2.49. The van der Waals surface area contributed by atoms with Crippen molar-refractivity contribution < 1.29 is 75.2 Å². The summed E-state index contributed by atoms with van der Waals surface area (Å²) < 4.78 is 87.9. The van der Waals surface area contributed by atoms with E-state index in [1.807, 2.05) is 105 Å². The van der Waals surface area contributed by atoms with Crippen molar-refractivity contribution in [3.8, 4) is 0 Å². The Bertz CT molecular complexity index is 3590. The van der Waals surface area contributed by atoms with Crippen LogP contribution >= 0.6 is 66.0 Å². The zero-order valence-electron chi connectivity index (χ0n) is 47.9. The first kappa shape index (κ1) is 64.5. The lowest BCUT2D eigenvalue weighted by molar-refractivity contribution is -0.323. The van der Waals surface area contributed by atoms with Crippen LogP contribution in [0.2, 0.25) is 20.1 Å². The number of imide groups is 1. The van der Waals surface area contributed by atoms with Crippen molar-refractivity contribution >= 4 is 89.7 Å². The highest BCUT2D eigenvalue weighted by molar-refractivity contribution is 7.99. The maximum absolute atomic E-state index is 15.2. The molecule has 11 rings (SSSR count). The normalized spacial score (nSPS) is 24.6. The van der Waals surface area contributed by atoms with E-state index in [2.05, 4.69) is 0 Å². The maximum atomic E-state index is 15.2. The number of nitrogens with zero attached hydrogens (tertiary/aromatic N) is 1. The van der Waals surface area contributed by atoms with Crippen LogP contribution in [0.15, 0.2) is 187 Å². The van der Waals surface area contributed by atoms with Crippen LogP contribution < -0.4 is 0 Å². The predicted octanol–water partition coefficient (Wildman–Crippen LogP) is 13.9. The molecule has 4 heterocycles. The molecule has 0 N–H and O–H groups in total. The predicted molar refractivity (Wildman–Crippen MR) is 332 cm³/mol. The van der Waals surface area contributed by atoms with Crippen molar-refractivity contribution in [3.05, 3.63) is 241 Å². The molecule has 0 spiro atoms. The Kier molecular flexibility index (Phi) is 21.1. The molecule has 0 aromatic heterocycles. The second-order valence-electron chi connectivity index (χ2n) is 22.1. The van der Waals surface area contributed by atoms with Crippen LogP contribution in [-0.2, 0) is 75.9 Å². The number of carbonyl (C=O) groups excluding carboxylic acids is 4. The molecule has 4 aliphatic heterocycles. The topological polar surface area (TPSA) is 190 Å². The van der Waals surface area contributed by atoms with Gasteiger partial charge in [-0.25, -0.2) is 14.2 Å². The molecule has 464 valence electrons. The number of phosphoric ester groups is 1. The number of fused-ring (bicyclic) bond motifs is 1. The summed E-state index contributed by atoms with van der Waals surface area (Å²) in [5.74, 6) is -3.86. The van der Waals surface area contributed by atoms with E-state index in [0.29, 0.717) is 4.90 Å². The molecule has 7 aromatic rings. The summed E-state index contributed by atoms with van der Waals surface area (Å²) in [6, 6.07) is 51.5. The minimum Gasteiger partial charge on any atom is -0.452 e. The van der Waals surface area contributed by atoms with Gasteiger partial charge < -0.3 is 37.9 Å². The summed E-state index contributed by atoms with van der Waals surface area (Å²) in [5.41, 5.74) is -0.108. The van der Waals surface area contributed by atoms with E-state index < -0.39 is 104 Å². The molecular weight excluding hydrogens is 1270 g/mol. The summed E-state index contributed by atoms with van der Waals surface area (Å²) in [6.45, 7) is 3.25. The smallest absolute Gasteiger partial charge is 0.452 e. The summed E-state index contributed by atoms with van der Waals surface area (Å²) in [4.78, 5) is 61.3. The van der Waals surface area contributed by atoms with Crippen LogP contribution in [0.5, 0.6) is 0 Å². The molecule has 89 heavy (non-hydrogen) atoms. The van der Waals surface area contributed by atoms with E-state index in [1.54, 1.807) is 66.7 Å². The Labute approximate surface area is 538 Å². The van der Waals surface area contributed by atoms with Gasteiger partial charge in [-0.05, 0) is 53.1 Å². The minimum atomic E-state index is -4.51. The van der Waals surface area contributed by atoms with Gasteiger partial charge in [-0.2, -0.15) is 0 Å². The Balaban J connectivity index is 1.03. The molecule has 23 heteroatoms. The zero-order valence-corrected chi connectivity index (χ0v) is 52.6. The van der Waals surface area contributed by atoms with Gasteiger partial charge in [0.1, 0.15) is 42.0 Å².